The number of ether oxygens (including phenoxy) is 2. The van der Waals surface area contributed by atoms with Gasteiger partial charge in [0, 0.05) is 30.2 Å². The van der Waals surface area contributed by atoms with E-state index in [0.29, 0.717) is 53.8 Å². The Bertz CT molecular complexity index is 1170. The van der Waals surface area contributed by atoms with E-state index in [1.807, 2.05) is 18.7 Å². The SMILES string of the molecule is COc1ccnc(N2CCC(C(=O)O[C@@H](C)c3nc4sc(C)c(C)c4c(=O)[nH]3)CC2)n1. The summed E-state index contributed by atoms with van der Waals surface area (Å²) in [6.07, 6.45) is 2.30. The zero-order valence-corrected chi connectivity index (χ0v) is 18.8. The van der Waals surface area contributed by atoms with E-state index in [1.165, 1.54) is 11.3 Å². The van der Waals surface area contributed by atoms with Crippen LogP contribution in [-0.4, -0.2) is 46.1 Å². The maximum absolute atomic E-state index is 12.7. The molecule has 0 saturated carbocycles. The van der Waals surface area contributed by atoms with Crippen LogP contribution in [0.25, 0.3) is 10.2 Å². The van der Waals surface area contributed by atoms with Gasteiger partial charge in [-0.05, 0) is 39.2 Å². The van der Waals surface area contributed by atoms with Gasteiger partial charge in [-0.15, -0.1) is 11.3 Å². The summed E-state index contributed by atoms with van der Waals surface area (Å²) in [5.41, 5.74) is 0.744. The summed E-state index contributed by atoms with van der Waals surface area (Å²) < 4.78 is 10.8. The number of thiophene rings is 1. The van der Waals surface area contributed by atoms with E-state index >= 15 is 0 Å². The van der Waals surface area contributed by atoms with Crippen molar-refractivity contribution in [2.45, 2.75) is 39.7 Å². The Morgan fingerprint density at radius 2 is 2.03 bits per heavy atom. The summed E-state index contributed by atoms with van der Waals surface area (Å²) in [4.78, 5) is 44.9. The highest BCUT2D eigenvalue weighted by atomic mass is 32.1. The average Bonchev–Trinajstić information content (AvgIpc) is 3.07. The van der Waals surface area contributed by atoms with Crippen LogP contribution in [0.3, 0.4) is 0 Å². The van der Waals surface area contributed by atoms with E-state index in [-0.39, 0.29) is 17.4 Å². The Morgan fingerprint density at radius 1 is 1.29 bits per heavy atom. The molecule has 0 spiro atoms. The maximum Gasteiger partial charge on any atom is 0.309 e. The van der Waals surface area contributed by atoms with Crippen LogP contribution in [0.5, 0.6) is 5.88 Å². The fourth-order valence-corrected chi connectivity index (χ4v) is 4.74. The summed E-state index contributed by atoms with van der Waals surface area (Å²) in [6.45, 7) is 6.91. The van der Waals surface area contributed by atoms with Crippen molar-refractivity contribution < 1.29 is 14.3 Å². The highest BCUT2D eigenvalue weighted by molar-refractivity contribution is 7.18. The van der Waals surface area contributed by atoms with E-state index in [2.05, 4.69) is 19.9 Å². The number of nitrogens with zero attached hydrogens (tertiary/aromatic N) is 4. The number of anilines is 1. The van der Waals surface area contributed by atoms with Crippen molar-refractivity contribution in [1.82, 2.24) is 19.9 Å². The molecule has 31 heavy (non-hydrogen) atoms. The van der Waals surface area contributed by atoms with Gasteiger partial charge in [-0.25, -0.2) is 9.97 Å². The van der Waals surface area contributed by atoms with Crippen molar-refractivity contribution in [1.29, 1.82) is 0 Å². The molecule has 4 rings (SSSR count). The van der Waals surface area contributed by atoms with Crippen LogP contribution in [0.2, 0.25) is 0 Å². The second kappa shape index (κ2) is 8.62. The molecule has 0 amide bonds. The highest BCUT2D eigenvalue weighted by Crippen LogP contribution is 2.28. The van der Waals surface area contributed by atoms with Crippen LogP contribution in [0.15, 0.2) is 17.1 Å². The lowest BCUT2D eigenvalue weighted by atomic mass is 9.97. The van der Waals surface area contributed by atoms with E-state index in [4.69, 9.17) is 9.47 Å². The number of aryl methyl sites for hydroxylation is 2. The molecule has 1 N–H and O–H groups in total. The van der Waals surface area contributed by atoms with Crippen molar-refractivity contribution in [3.8, 4) is 5.88 Å². The predicted octanol–water partition coefficient (Wildman–Crippen LogP) is 2.92. The molecular weight excluding hydrogens is 418 g/mol. The van der Waals surface area contributed by atoms with Gasteiger partial charge in [0.05, 0.1) is 18.4 Å². The summed E-state index contributed by atoms with van der Waals surface area (Å²) in [5.74, 6) is 0.978. The Morgan fingerprint density at radius 3 is 2.74 bits per heavy atom. The quantitative estimate of drug-likeness (QED) is 0.600. The molecule has 4 heterocycles. The Labute approximate surface area is 183 Å². The monoisotopic (exact) mass is 443 g/mol. The molecule has 3 aromatic heterocycles. The van der Waals surface area contributed by atoms with Crippen molar-refractivity contribution in [3.05, 3.63) is 38.9 Å². The van der Waals surface area contributed by atoms with Crippen molar-refractivity contribution >= 4 is 33.5 Å². The lowest BCUT2D eigenvalue weighted by molar-refractivity contribution is -0.154. The molecule has 0 aromatic carbocycles. The molecule has 1 aliphatic heterocycles. The number of fused-ring (bicyclic) bond motifs is 1. The van der Waals surface area contributed by atoms with Crippen molar-refractivity contribution in [2.75, 3.05) is 25.1 Å². The number of piperidine rings is 1. The van der Waals surface area contributed by atoms with Crippen LogP contribution >= 0.6 is 11.3 Å². The van der Waals surface area contributed by atoms with Crippen LogP contribution in [0.4, 0.5) is 5.95 Å². The van der Waals surface area contributed by atoms with Gasteiger partial charge in [0.25, 0.3) is 5.56 Å². The summed E-state index contributed by atoms with van der Waals surface area (Å²) in [6, 6.07) is 1.70. The zero-order chi connectivity index (χ0) is 22.1. The minimum atomic E-state index is -0.632. The maximum atomic E-state index is 12.7. The summed E-state index contributed by atoms with van der Waals surface area (Å²) in [5, 5.41) is 0.608. The predicted molar refractivity (Wildman–Crippen MR) is 118 cm³/mol. The molecular formula is C21H25N5O4S. The van der Waals surface area contributed by atoms with Gasteiger partial charge in [0.1, 0.15) is 4.83 Å². The zero-order valence-electron chi connectivity index (χ0n) is 18.0. The second-order valence-corrected chi connectivity index (χ2v) is 8.86. The van der Waals surface area contributed by atoms with Crippen molar-refractivity contribution in [3.63, 3.8) is 0 Å². The fourth-order valence-electron chi connectivity index (χ4n) is 3.70. The number of carbonyl (C=O) groups is 1. The van der Waals surface area contributed by atoms with Gasteiger partial charge in [-0.3, -0.25) is 9.59 Å². The first-order valence-corrected chi connectivity index (χ1v) is 11.0. The summed E-state index contributed by atoms with van der Waals surface area (Å²) >= 11 is 1.47. The smallest absolute Gasteiger partial charge is 0.309 e. The topological polar surface area (TPSA) is 110 Å². The van der Waals surface area contributed by atoms with Gasteiger partial charge in [0.2, 0.25) is 11.8 Å². The molecule has 3 aromatic rings. The second-order valence-electron chi connectivity index (χ2n) is 7.65. The first kappa shape index (κ1) is 21.2. The molecule has 1 aliphatic rings. The van der Waals surface area contributed by atoms with Gasteiger partial charge < -0.3 is 19.4 Å². The molecule has 0 unspecified atom stereocenters. The number of H-pyrrole nitrogens is 1. The fraction of sp³-hybridized carbons (Fsp3) is 0.476. The Hall–Kier alpha value is -3.01. The third-order valence-corrected chi connectivity index (χ3v) is 6.77. The number of esters is 1. The number of carbonyl (C=O) groups excluding carboxylic acids is 1. The number of hydrogen-bond acceptors (Lipinski definition) is 9. The standard InChI is InChI=1S/C21H25N5O4S/c1-11-13(3)31-19-16(11)18(27)24-17(25-19)12(2)30-20(28)14-6-9-26(10-7-14)21-22-8-5-15(23-21)29-4/h5,8,12,14H,6-7,9-10H2,1-4H3,(H,24,25,27)/t12-/m0/s1. The number of hydrogen-bond donors (Lipinski definition) is 1. The van der Waals surface area contributed by atoms with Gasteiger partial charge >= 0.3 is 5.97 Å². The van der Waals surface area contributed by atoms with Crippen LogP contribution in [0.1, 0.15) is 42.1 Å². The number of nitrogens with one attached hydrogen (secondary N) is 1. The van der Waals surface area contributed by atoms with Crippen LogP contribution in [-0.2, 0) is 9.53 Å². The lowest BCUT2D eigenvalue weighted by Crippen LogP contribution is -2.38. The number of aromatic amines is 1. The van der Waals surface area contributed by atoms with E-state index < -0.39 is 6.10 Å². The van der Waals surface area contributed by atoms with Crippen molar-refractivity contribution in [2.24, 2.45) is 5.92 Å². The third-order valence-electron chi connectivity index (χ3n) is 5.67. The highest BCUT2D eigenvalue weighted by Gasteiger charge is 2.29. The number of rotatable bonds is 5. The Balaban J connectivity index is 1.40. The number of methoxy groups -OCH3 is 1. The summed E-state index contributed by atoms with van der Waals surface area (Å²) in [7, 11) is 1.57. The van der Waals surface area contributed by atoms with Crippen LogP contribution in [0, 0.1) is 19.8 Å². The van der Waals surface area contributed by atoms with E-state index in [1.54, 1.807) is 26.3 Å². The Kier molecular flexibility index (Phi) is 5.90. The normalized spacial score (nSPS) is 15.8. The molecule has 0 bridgehead atoms. The van der Waals surface area contributed by atoms with Gasteiger partial charge in [-0.1, -0.05) is 0 Å². The largest absolute Gasteiger partial charge is 0.481 e. The first-order valence-electron chi connectivity index (χ1n) is 10.2. The van der Waals surface area contributed by atoms with Gasteiger partial charge in [-0.2, -0.15) is 4.98 Å². The molecule has 0 radical (unpaired) electrons. The molecule has 1 fully saturated rings. The van der Waals surface area contributed by atoms with Crippen LogP contribution < -0.4 is 15.2 Å². The molecule has 10 heteroatoms. The lowest BCUT2D eigenvalue weighted by Gasteiger charge is -2.31. The third kappa shape index (κ3) is 4.25. The number of aromatic nitrogens is 4. The first-order chi connectivity index (χ1) is 14.9. The minimum absolute atomic E-state index is 0.198. The molecule has 9 nitrogen and oxygen atoms in total. The minimum Gasteiger partial charge on any atom is -0.481 e. The average molecular weight is 444 g/mol. The van der Waals surface area contributed by atoms with Gasteiger partial charge in [0.15, 0.2) is 11.9 Å². The van der Waals surface area contributed by atoms with E-state index in [9.17, 15) is 9.59 Å². The molecule has 0 aliphatic carbocycles. The molecule has 1 saturated heterocycles. The van der Waals surface area contributed by atoms with E-state index in [0.717, 1.165) is 10.4 Å². The molecule has 164 valence electrons. The molecule has 1 atom stereocenters.